The number of piperidine rings is 1. The molecule has 7 heteroatoms. The maximum Gasteiger partial charge on any atom is 0.191 e. The van der Waals surface area contributed by atoms with Gasteiger partial charge >= 0.3 is 0 Å². The SMILES string of the molecule is CN=C(NCc1csc(C(C)C)n1)NC1CCN(c2ccccc2)CC1.I. The van der Waals surface area contributed by atoms with Gasteiger partial charge in [-0.25, -0.2) is 4.98 Å². The summed E-state index contributed by atoms with van der Waals surface area (Å²) in [6.07, 6.45) is 2.23. The molecule has 1 aliphatic heterocycles. The van der Waals surface area contributed by atoms with Gasteiger partial charge in [0.05, 0.1) is 17.2 Å². The van der Waals surface area contributed by atoms with Crippen molar-refractivity contribution >= 4 is 47.0 Å². The predicted octanol–water partition coefficient (Wildman–Crippen LogP) is 4.22. The number of halogens is 1. The van der Waals surface area contributed by atoms with Crippen molar-refractivity contribution in [2.24, 2.45) is 4.99 Å². The maximum atomic E-state index is 4.67. The fourth-order valence-electron chi connectivity index (χ4n) is 3.15. The Labute approximate surface area is 183 Å². The van der Waals surface area contributed by atoms with E-state index in [9.17, 15) is 0 Å². The van der Waals surface area contributed by atoms with Crippen LogP contribution >= 0.6 is 35.3 Å². The number of anilines is 1. The highest BCUT2D eigenvalue weighted by molar-refractivity contribution is 14.0. The van der Waals surface area contributed by atoms with Gasteiger partial charge in [-0.05, 0) is 25.0 Å². The lowest BCUT2D eigenvalue weighted by Gasteiger charge is -2.34. The van der Waals surface area contributed by atoms with E-state index in [4.69, 9.17) is 0 Å². The van der Waals surface area contributed by atoms with Crippen LogP contribution in [0, 0.1) is 0 Å². The molecule has 0 aliphatic carbocycles. The minimum atomic E-state index is 0. The summed E-state index contributed by atoms with van der Waals surface area (Å²) < 4.78 is 0. The molecule has 1 aromatic heterocycles. The first-order valence-electron chi connectivity index (χ1n) is 9.37. The van der Waals surface area contributed by atoms with Crippen LogP contribution in [0.5, 0.6) is 0 Å². The number of para-hydroxylation sites is 1. The van der Waals surface area contributed by atoms with Gasteiger partial charge in [0.1, 0.15) is 0 Å². The second-order valence-corrected chi connectivity index (χ2v) is 7.89. The molecular weight excluding hydrogens is 469 g/mol. The number of benzene rings is 1. The Morgan fingerprint density at radius 1 is 1.26 bits per heavy atom. The highest BCUT2D eigenvalue weighted by Crippen LogP contribution is 2.20. The number of hydrogen-bond donors (Lipinski definition) is 2. The van der Waals surface area contributed by atoms with E-state index >= 15 is 0 Å². The monoisotopic (exact) mass is 499 g/mol. The number of thiazole rings is 1. The minimum Gasteiger partial charge on any atom is -0.371 e. The Balaban J connectivity index is 0.00000261. The van der Waals surface area contributed by atoms with Crippen molar-refractivity contribution in [2.45, 2.75) is 45.2 Å². The molecule has 148 valence electrons. The third kappa shape index (κ3) is 6.34. The number of aliphatic imine (C=N–C) groups is 1. The molecule has 1 aromatic carbocycles. The molecule has 0 radical (unpaired) electrons. The number of aromatic nitrogens is 1. The molecule has 5 nitrogen and oxygen atoms in total. The number of rotatable bonds is 5. The number of hydrogen-bond acceptors (Lipinski definition) is 4. The molecule has 0 amide bonds. The molecule has 27 heavy (non-hydrogen) atoms. The van der Waals surface area contributed by atoms with E-state index in [0.29, 0.717) is 18.5 Å². The minimum absolute atomic E-state index is 0. The Hall–Kier alpha value is -1.35. The van der Waals surface area contributed by atoms with Crippen LogP contribution in [0.25, 0.3) is 0 Å². The number of guanidine groups is 1. The van der Waals surface area contributed by atoms with E-state index in [1.807, 2.05) is 7.05 Å². The lowest BCUT2D eigenvalue weighted by atomic mass is 10.0. The quantitative estimate of drug-likeness (QED) is 0.368. The molecule has 0 saturated carbocycles. The summed E-state index contributed by atoms with van der Waals surface area (Å²) in [6.45, 7) is 7.22. The van der Waals surface area contributed by atoms with E-state index < -0.39 is 0 Å². The van der Waals surface area contributed by atoms with Crippen LogP contribution < -0.4 is 15.5 Å². The lowest BCUT2D eigenvalue weighted by molar-refractivity contribution is 0.461. The predicted molar refractivity (Wildman–Crippen MR) is 127 cm³/mol. The Bertz CT molecular complexity index is 708. The van der Waals surface area contributed by atoms with Crippen LogP contribution in [0.3, 0.4) is 0 Å². The molecular formula is C20H30IN5S. The average Bonchev–Trinajstić information content (AvgIpc) is 3.16. The molecule has 1 saturated heterocycles. The maximum absolute atomic E-state index is 4.67. The Kier molecular flexibility index (Phi) is 8.82. The van der Waals surface area contributed by atoms with Crippen molar-refractivity contribution in [1.82, 2.24) is 15.6 Å². The zero-order chi connectivity index (χ0) is 18.4. The fraction of sp³-hybridized carbons (Fsp3) is 0.500. The van der Waals surface area contributed by atoms with Crippen molar-refractivity contribution in [3.8, 4) is 0 Å². The van der Waals surface area contributed by atoms with Crippen LogP contribution in [0.1, 0.15) is 43.3 Å². The molecule has 0 bridgehead atoms. The Morgan fingerprint density at radius 3 is 2.56 bits per heavy atom. The van der Waals surface area contributed by atoms with Crippen molar-refractivity contribution in [1.29, 1.82) is 0 Å². The van der Waals surface area contributed by atoms with Crippen molar-refractivity contribution in [3.63, 3.8) is 0 Å². The molecule has 0 unspecified atom stereocenters. The van der Waals surface area contributed by atoms with Crippen LogP contribution in [0.4, 0.5) is 5.69 Å². The zero-order valence-corrected chi connectivity index (χ0v) is 19.5. The zero-order valence-electron chi connectivity index (χ0n) is 16.3. The topological polar surface area (TPSA) is 52.6 Å². The summed E-state index contributed by atoms with van der Waals surface area (Å²) in [5.74, 6) is 1.35. The molecule has 0 atom stereocenters. The van der Waals surface area contributed by atoms with E-state index in [0.717, 1.165) is 37.6 Å². The molecule has 0 spiro atoms. The Morgan fingerprint density at radius 2 is 1.96 bits per heavy atom. The second kappa shape index (κ2) is 10.8. The summed E-state index contributed by atoms with van der Waals surface area (Å²) in [5.41, 5.74) is 2.40. The van der Waals surface area contributed by atoms with Gasteiger partial charge in [-0.2, -0.15) is 0 Å². The molecule has 1 fully saturated rings. The van der Waals surface area contributed by atoms with Gasteiger partial charge in [0.15, 0.2) is 5.96 Å². The lowest BCUT2D eigenvalue weighted by Crippen LogP contribution is -2.48. The van der Waals surface area contributed by atoms with Crippen LogP contribution in [-0.2, 0) is 6.54 Å². The first-order chi connectivity index (χ1) is 12.7. The highest BCUT2D eigenvalue weighted by atomic mass is 127. The molecule has 2 aromatic rings. The van der Waals surface area contributed by atoms with E-state index in [1.165, 1.54) is 10.7 Å². The third-order valence-corrected chi connectivity index (χ3v) is 5.88. The fourth-order valence-corrected chi connectivity index (χ4v) is 3.99. The summed E-state index contributed by atoms with van der Waals surface area (Å²) in [5, 5.41) is 10.3. The van der Waals surface area contributed by atoms with Crippen molar-refractivity contribution < 1.29 is 0 Å². The standard InChI is InChI=1S/C20H29N5S.HI/c1-15(2)19-23-17(14-26-19)13-22-20(21-3)24-16-9-11-25(12-10-16)18-7-5-4-6-8-18;/h4-8,14-16H,9-13H2,1-3H3,(H2,21,22,24);1H. The normalized spacial score (nSPS) is 15.6. The van der Waals surface area contributed by atoms with Crippen LogP contribution in [0.2, 0.25) is 0 Å². The van der Waals surface area contributed by atoms with Gasteiger partial charge in [-0.15, -0.1) is 35.3 Å². The largest absolute Gasteiger partial charge is 0.371 e. The van der Waals surface area contributed by atoms with Gasteiger partial charge in [-0.1, -0.05) is 32.0 Å². The molecule has 3 rings (SSSR count). The first kappa shape index (κ1) is 21.9. The van der Waals surface area contributed by atoms with Crippen LogP contribution in [-0.4, -0.2) is 37.1 Å². The van der Waals surface area contributed by atoms with Gasteiger partial charge in [-0.3, -0.25) is 4.99 Å². The molecule has 2 heterocycles. The van der Waals surface area contributed by atoms with Gasteiger partial charge in [0.25, 0.3) is 0 Å². The smallest absolute Gasteiger partial charge is 0.191 e. The van der Waals surface area contributed by atoms with E-state index in [-0.39, 0.29) is 24.0 Å². The second-order valence-electron chi connectivity index (χ2n) is 7.00. The van der Waals surface area contributed by atoms with E-state index in [1.54, 1.807) is 11.3 Å². The van der Waals surface area contributed by atoms with Gasteiger partial charge in [0.2, 0.25) is 0 Å². The summed E-state index contributed by atoms with van der Waals surface area (Å²) in [6, 6.07) is 11.1. The van der Waals surface area contributed by atoms with Crippen molar-refractivity contribution in [3.05, 3.63) is 46.4 Å². The van der Waals surface area contributed by atoms with Crippen LogP contribution in [0.15, 0.2) is 40.7 Å². The summed E-state index contributed by atoms with van der Waals surface area (Å²) >= 11 is 1.73. The van der Waals surface area contributed by atoms with Gasteiger partial charge < -0.3 is 15.5 Å². The van der Waals surface area contributed by atoms with Gasteiger partial charge in [0, 0.05) is 43.2 Å². The average molecular weight is 499 g/mol. The number of nitrogens with one attached hydrogen (secondary N) is 2. The third-order valence-electron chi connectivity index (χ3n) is 4.68. The van der Waals surface area contributed by atoms with Crippen molar-refractivity contribution in [2.75, 3.05) is 25.0 Å². The summed E-state index contributed by atoms with van der Waals surface area (Å²) in [7, 11) is 1.83. The highest BCUT2D eigenvalue weighted by Gasteiger charge is 2.20. The summed E-state index contributed by atoms with van der Waals surface area (Å²) in [4.78, 5) is 11.5. The first-order valence-corrected chi connectivity index (χ1v) is 10.2. The van der Waals surface area contributed by atoms with E-state index in [2.05, 4.69) is 75.1 Å². The molecule has 2 N–H and O–H groups in total. The number of nitrogens with zero attached hydrogens (tertiary/aromatic N) is 3. The molecule has 1 aliphatic rings.